The Morgan fingerprint density at radius 3 is 2.29 bits per heavy atom. The number of nitrogens with zero attached hydrogens (tertiary/aromatic N) is 2. The largest absolute Gasteiger partial charge is 0.495 e. The van der Waals surface area contributed by atoms with Crippen LogP contribution >= 0.6 is 23.2 Å². The van der Waals surface area contributed by atoms with Crippen molar-refractivity contribution in [1.82, 2.24) is 9.97 Å². The molecule has 0 saturated carbocycles. The summed E-state index contributed by atoms with van der Waals surface area (Å²) in [6, 6.07) is 1.55. The normalized spacial score (nSPS) is 18.2. The number of benzene rings is 1. The molecule has 8 nitrogen and oxygen atoms in total. The number of methoxy groups -OCH3 is 2. The Morgan fingerprint density at radius 1 is 1.12 bits per heavy atom. The van der Waals surface area contributed by atoms with Gasteiger partial charge in [-0.05, 0) is 20.8 Å². The minimum absolute atomic E-state index is 0.0228. The molecule has 2 heterocycles. The van der Waals surface area contributed by atoms with Crippen LogP contribution in [0.4, 0.5) is 5.95 Å². The molecule has 1 N–H and O–H groups in total. The third-order valence-corrected chi connectivity index (χ3v) is 5.86. The maximum atomic E-state index is 12.2. The number of nitrogens with one attached hydrogen (secondary N) is 1. The zero-order valence-electron chi connectivity index (χ0n) is 19.9. The van der Waals surface area contributed by atoms with Crippen LogP contribution < -0.4 is 14.8 Å². The average Bonchev–Trinajstić information content (AvgIpc) is 3.20. The van der Waals surface area contributed by atoms with Crippen molar-refractivity contribution in [1.29, 1.82) is 0 Å². The molecule has 1 aromatic heterocycles. The second kappa shape index (κ2) is 11.3. The summed E-state index contributed by atoms with van der Waals surface area (Å²) in [4.78, 5) is 21.0. The lowest BCUT2D eigenvalue weighted by molar-refractivity contribution is -0.156. The monoisotopic (exact) mass is 509 g/mol. The molecule has 1 fully saturated rings. The van der Waals surface area contributed by atoms with Crippen molar-refractivity contribution < 1.29 is 23.7 Å². The van der Waals surface area contributed by atoms with E-state index in [0.29, 0.717) is 46.3 Å². The molecule has 0 spiro atoms. The first-order valence-corrected chi connectivity index (χ1v) is 11.5. The van der Waals surface area contributed by atoms with Gasteiger partial charge in [-0.2, -0.15) is 0 Å². The first-order chi connectivity index (χ1) is 16.1. The Morgan fingerprint density at radius 2 is 1.74 bits per heavy atom. The number of esters is 1. The van der Waals surface area contributed by atoms with Crippen LogP contribution in [-0.2, 0) is 14.3 Å². The molecule has 2 atom stereocenters. The van der Waals surface area contributed by atoms with Gasteiger partial charge < -0.3 is 24.3 Å². The Hall–Kier alpha value is -2.55. The van der Waals surface area contributed by atoms with Crippen molar-refractivity contribution in [3.05, 3.63) is 39.6 Å². The third-order valence-electron chi connectivity index (χ3n) is 5.08. The fourth-order valence-corrected chi connectivity index (χ4v) is 4.08. The first kappa shape index (κ1) is 26.1. The van der Waals surface area contributed by atoms with Crippen LogP contribution in [0.15, 0.2) is 18.5 Å². The second-order valence-corrected chi connectivity index (χ2v) is 9.59. The maximum Gasteiger partial charge on any atom is 0.306 e. The summed E-state index contributed by atoms with van der Waals surface area (Å²) in [6.45, 7) is 6.49. The van der Waals surface area contributed by atoms with Gasteiger partial charge in [-0.25, -0.2) is 9.97 Å². The van der Waals surface area contributed by atoms with Gasteiger partial charge in [0.1, 0.15) is 17.1 Å². The maximum absolute atomic E-state index is 12.2. The molecule has 10 heteroatoms. The van der Waals surface area contributed by atoms with Crippen molar-refractivity contribution in [2.45, 2.75) is 38.8 Å². The molecule has 1 saturated heterocycles. The van der Waals surface area contributed by atoms with E-state index in [9.17, 15) is 4.79 Å². The van der Waals surface area contributed by atoms with E-state index >= 15 is 0 Å². The van der Waals surface area contributed by atoms with Crippen LogP contribution in [-0.4, -0.2) is 55.0 Å². The number of carbonyl (C=O) groups excluding carboxylic acids is 1. The number of anilines is 1. The molecular formula is C24H29Cl2N3O5. The standard InChI is InChI=1S/C24H29Cl2N3O5/c1-24(2,3)34-20(30)8-15-12-33-13-17(15)29-23-27-10-14(11-28-23)6-7-16-21(25)18(31-4)9-19(32-5)22(16)26/h6-7,9-11,15,17H,8,12-13H2,1-5H3,(H,27,28,29)/b7-6+/t15-,17+/m0/s1. The molecule has 0 bridgehead atoms. The lowest BCUT2D eigenvalue weighted by Gasteiger charge is -2.22. The Kier molecular flexibility index (Phi) is 8.62. The summed E-state index contributed by atoms with van der Waals surface area (Å²) in [6.07, 6.45) is 7.15. The van der Waals surface area contributed by atoms with Crippen LogP contribution in [0, 0.1) is 5.92 Å². The number of hydrogen-bond donors (Lipinski definition) is 1. The van der Waals surface area contributed by atoms with Gasteiger partial charge in [0.05, 0.1) is 49.9 Å². The highest BCUT2D eigenvalue weighted by Crippen LogP contribution is 2.41. The number of carbonyl (C=O) groups is 1. The first-order valence-electron chi connectivity index (χ1n) is 10.8. The van der Waals surface area contributed by atoms with E-state index < -0.39 is 5.60 Å². The minimum atomic E-state index is -0.517. The Balaban J connectivity index is 1.67. The van der Waals surface area contributed by atoms with Gasteiger partial charge in [-0.3, -0.25) is 4.79 Å². The topological polar surface area (TPSA) is 91.8 Å². The van der Waals surface area contributed by atoms with E-state index in [1.807, 2.05) is 20.8 Å². The highest BCUT2D eigenvalue weighted by molar-refractivity contribution is 6.39. The fourth-order valence-electron chi connectivity index (χ4n) is 3.45. The molecule has 184 valence electrons. The summed E-state index contributed by atoms with van der Waals surface area (Å²) in [5, 5.41) is 4.01. The van der Waals surface area contributed by atoms with E-state index in [2.05, 4.69) is 15.3 Å². The van der Waals surface area contributed by atoms with Gasteiger partial charge in [0.25, 0.3) is 0 Å². The van der Waals surface area contributed by atoms with Crippen LogP contribution in [0.2, 0.25) is 10.0 Å². The highest BCUT2D eigenvalue weighted by Gasteiger charge is 2.32. The molecule has 0 unspecified atom stereocenters. The number of halogens is 2. The Labute approximate surface area is 209 Å². The minimum Gasteiger partial charge on any atom is -0.495 e. The van der Waals surface area contributed by atoms with Gasteiger partial charge in [0.15, 0.2) is 0 Å². The van der Waals surface area contributed by atoms with E-state index in [0.717, 1.165) is 5.56 Å². The van der Waals surface area contributed by atoms with Crippen molar-refractivity contribution in [2.75, 3.05) is 32.8 Å². The van der Waals surface area contributed by atoms with Crippen molar-refractivity contribution >= 4 is 47.3 Å². The molecule has 1 aromatic carbocycles. The van der Waals surface area contributed by atoms with Crippen LogP contribution in [0.25, 0.3) is 12.2 Å². The van der Waals surface area contributed by atoms with Crippen LogP contribution in [0.5, 0.6) is 11.5 Å². The van der Waals surface area contributed by atoms with Crippen LogP contribution in [0.3, 0.4) is 0 Å². The number of hydrogen-bond acceptors (Lipinski definition) is 8. The molecular weight excluding hydrogens is 481 g/mol. The predicted octanol–water partition coefficient (Wildman–Crippen LogP) is 5.13. The average molecular weight is 510 g/mol. The molecule has 0 radical (unpaired) electrons. The van der Waals surface area contributed by atoms with E-state index in [4.69, 9.17) is 42.1 Å². The quantitative estimate of drug-likeness (QED) is 0.489. The van der Waals surface area contributed by atoms with Gasteiger partial charge >= 0.3 is 5.97 Å². The SMILES string of the molecule is COc1cc(OC)c(Cl)c(/C=C/c2cnc(N[C@@H]3COC[C@@H]3CC(=O)OC(C)(C)C)nc2)c1Cl. The third kappa shape index (κ3) is 6.74. The summed E-state index contributed by atoms with van der Waals surface area (Å²) in [5.74, 6) is 1.09. The van der Waals surface area contributed by atoms with E-state index in [1.165, 1.54) is 14.2 Å². The molecule has 1 aliphatic rings. The van der Waals surface area contributed by atoms with Crippen molar-refractivity contribution in [3.8, 4) is 11.5 Å². The number of ether oxygens (including phenoxy) is 4. The van der Waals surface area contributed by atoms with Gasteiger partial charge in [0, 0.05) is 35.5 Å². The zero-order valence-corrected chi connectivity index (χ0v) is 21.4. The number of rotatable bonds is 8. The van der Waals surface area contributed by atoms with Gasteiger partial charge in [-0.1, -0.05) is 35.4 Å². The second-order valence-electron chi connectivity index (χ2n) is 8.83. The van der Waals surface area contributed by atoms with Crippen molar-refractivity contribution in [2.24, 2.45) is 5.92 Å². The zero-order chi connectivity index (χ0) is 24.9. The lowest BCUT2D eigenvalue weighted by Crippen LogP contribution is -2.32. The van der Waals surface area contributed by atoms with Gasteiger partial charge in [0.2, 0.25) is 5.95 Å². The molecule has 0 amide bonds. The summed E-state index contributed by atoms with van der Waals surface area (Å²) in [7, 11) is 3.05. The summed E-state index contributed by atoms with van der Waals surface area (Å²) >= 11 is 12.8. The number of aromatic nitrogens is 2. The molecule has 0 aliphatic carbocycles. The van der Waals surface area contributed by atoms with Crippen LogP contribution in [0.1, 0.15) is 38.3 Å². The fraction of sp³-hybridized carbons (Fsp3) is 0.458. The summed E-state index contributed by atoms with van der Waals surface area (Å²) in [5.41, 5.74) is 0.790. The van der Waals surface area contributed by atoms with E-state index in [1.54, 1.807) is 30.6 Å². The molecule has 3 rings (SSSR count). The van der Waals surface area contributed by atoms with Crippen molar-refractivity contribution in [3.63, 3.8) is 0 Å². The smallest absolute Gasteiger partial charge is 0.306 e. The van der Waals surface area contributed by atoms with Gasteiger partial charge in [-0.15, -0.1) is 0 Å². The predicted molar refractivity (Wildman–Crippen MR) is 133 cm³/mol. The molecule has 2 aromatic rings. The lowest BCUT2D eigenvalue weighted by atomic mass is 10.00. The Bertz CT molecular complexity index is 1010. The molecule has 1 aliphatic heterocycles. The summed E-state index contributed by atoms with van der Waals surface area (Å²) < 4.78 is 21.6. The van der Waals surface area contributed by atoms with E-state index in [-0.39, 0.29) is 24.3 Å². The molecule has 34 heavy (non-hydrogen) atoms. The highest BCUT2D eigenvalue weighted by atomic mass is 35.5.